The summed E-state index contributed by atoms with van der Waals surface area (Å²) >= 11 is 0. The maximum absolute atomic E-state index is 13.5. The van der Waals surface area contributed by atoms with Crippen LogP contribution in [0, 0.1) is 11.7 Å². The highest BCUT2D eigenvalue weighted by atomic mass is 19.1. The zero-order valence-corrected chi connectivity index (χ0v) is 19.1. The van der Waals surface area contributed by atoms with Gasteiger partial charge < -0.3 is 20.1 Å². The molecule has 2 saturated heterocycles. The smallest absolute Gasteiger partial charge is 0.191 e. The molecule has 2 fully saturated rings. The van der Waals surface area contributed by atoms with E-state index in [-0.39, 0.29) is 11.9 Å². The molecule has 0 aromatic heterocycles. The maximum Gasteiger partial charge on any atom is 0.191 e. The standard InChI is InChI=1S/C23H38FN5O2/c1-18(2)21(28-8-12-30-13-9-28)16-26-23(25-3)27-17-22(29-10-14-31-15-11-29)19-4-6-20(24)7-5-19/h4-7,18,21-22H,8-17H2,1-3H3,(H2,25,26,27). The molecular formula is C23H38FN5O2. The summed E-state index contributed by atoms with van der Waals surface area (Å²) in [5, 5.41) is 7.02. The molecule has 2 N–H and O–H groups in total. The SMILES string of the molecule is CN=C(NCC(c1ccc(F)cc1)N1CCOCC1)NCC(C(C)C)N1CCOCC1. The number of hydrogen-bond acceptors (Lipinski definition) is 5. The number of nitrogens with zero attached hydrogens (tertiary/aromatic N) is 3. The molecule has 1 aromatic carbocycles. The molecule has 2 atom stereocenters. The number of ether oxygens (including phenoxy) is 2. The van der Waals surface area contributed by atoms with Crippen molar-refractivity contribution in [3.8, 4) is 0 Å². The number of hydrogen-bond donors (Lipinski definition) is 2. The van der Waals surface area contributed by atoms with E-state index in [9.17, 15) is 4.39 Å². The fourth-order valence-electron chi connectivity index (χ4n) is 4.34. The van der Waals surface area contributed by atoms with Crippen LogP contribution >= 0.6 is 0 Å². The van der Waals surface area contributed by atoms with Gasteiger partial charge in [0.05, 0.1) is 32.5 Å². The van der Waals surface area contributed by atoms with Crippen LogP contribution in [0.2, 0.25) is 0 Å². The first-order valence-corrected chi connectivity index (χ1v) is 11.4. The van der Waals surface area contributed by atoms with Crippen LogP contribution in [0.25, 0.3) is 0 Å². The Morgan fingerprint density at radius 2 is 1.48 bits per heavy atom. The Kier molecular flexibility index (Phi) is 9.52. The van der Waals surface area contributed by atoms with E-state index in [1.54, 1.807) is 7.05 Å². The van der Waals surface area contributed by atoms with Gasteiger partial charge in [-0.2, -0.15) is 0 Å². The Hall–Kier alpha value is -1.74. The van der Waals surface area contributed by atoms with E-state index in [1.165, 1.54) is 12.1 Å². The van der Waals surface area contributed by atoms with Gasteiger partial charge in [0.15, 0.2) is 5.96 Å². The zero-order valence-electron chi connectivity index (χ0n) is 19.1. The van der Waals surface area contributed by atoms with E-state index in [0.29, 0.717) is 18.5 Å². The van der Waals surface area contributed by atoms with Crippen molar-refractivity contribution in [2.75, 3.05) is 72.7 Å². The van der Waals surface area contributed by atoms with Gasteiger partial charge >= 0.3 is 0 Å². The molecule has 1 aromatic rings. The first-order chi connectivity index (χ1) is 15.1. The number of aliphatic imine (C=N–C) groups is 1. The quantitative estimate of drug-likeness (QED) is 0.479. The number of benzene rings is 1. The molecule has 0 saturated carbocycles. The van der Waals surface area contributed by atoms with E-state index < -0.39 is 0 Å². The second kappa shape index (κ2) is 12.3. The summed E-state index contributed by atoms with van der Waals surface area (Å²) in [7, 11) is 1.80. The number of guanidine groups is 1. The highest BCUT2D eigenvalue weighted by Gasteiger charge is 2.25. The van der Waals surface area contributed by atoms with Crippen molar-refractivity contribution >= 4 is 5.96 Å². The van der Waals surface area contributed by atoms with Crippen LogP contribution < -0.4 is 10.6 Å². The molecule has 2 aliphatic heterocycles. The van der Waals surface area contributed by atoms with Gasteiger partial charge in [-0.25, -0.2) is 4.39 Å². The monoisotopic (exact) mass is 435 g/mol. The minimum absolute atomic E-state index is 0.128. The largest absolute Gasteiger partial charge is 0.379 e. The van der Waals surface area contributed by atoms with Gasteiger partial charge in [-0.15, -0.1) is 0 Å². The minimum atomic E-state index is -0.210. The van der Waals surface area contributed by atoms with Crippen LogP contribution in [0.3, 0.4) is 0 Å². The third-order valence-electron chi connectivity index (χ3n) is 6.19. The minimum Gasteiger partial charge on any atom is -0.379 e. The molecule has 2 aliphatic rings. The fourth-order valence-corrected chi connectivity index (χ4v) is 4.34. The lowest BCUT2D eigenvalue weighted by atomic mass is 10.0. The average molecular weight is 436 g/mol. The molecule has 3 rings (SSSR count). The lowest BCUT2D eigenvalue weighted by molar-refractivity contribution is 0.00747. The topological polar surface area (TPSA) is 61.4 Å². The van der Waals surface area contributed by atoms with Crippen molar-refractivity contribution in [1.29, 1.82) is 0 Å². The van der Waals surface area contributed by atoms with Crippen LogP contribution in [-0.2, 0) is 9.47 Å². The van der Waals surface area contributed by atoms with Crippen molar-refractivity contribution in [2.45, 2.75) is 25.9 Å². The van der Waals surface area contributed by atoms with Crippen molar-refractivity contribution in [1.82, 2.24) is 20.4 Å². The molecule has 0 bridgehead atoms. The van der Waals surface area contributed by atoms with E-state index >= 15 is 0 Å². The molecule has 0 aliphatic carbocycles. The highest BCUT2D eigenvalue weighted by molar-refractivity contribution is 5.79. The molecule has 0 spiro atoms. The summed E-state index contributed by atoms with van der Waals surface area (Å²) in [5.74, 6) is 1.11. The summed E-state index contributed by atoms with van der Waals surface area (Å²) in [6.45, 7) is 12.8. The molecule has 0 amide bonds. The fraction of sp³-hybridized carbons (Fsp3) is 0.696. The number of halogens is 1. The second-order valence-corrected chi connectivity index (χ2v) is 8.51. The van der Waals surface area contributed by atoms with Crippen LogP contribution in [0.15, 0.2) is 29.3 Å². The van der Waals surface area contributed by atoms with Gasteiger partial charge in [0, 0.05) is 52.4 Å². The van der Waals surface area contributed by atoms with Gasteiger partial charge in [0.1, 0.15) is 5.82 Å². The molecule has 31 heavy (non-hydrogen) atoms. The Morgan fingerprint density at radius 3 is 2.03 bits per heavy atom. The summed E-state index contributed by atoms with van der Waals surface area (Å²) in [4.78, 5) is 9.33. The van der Waals surface area contributed by atoms with Crippen molar-refractivity contribution in [2.24, 2.45) is 10.9 Å². The third-order valence-corrected chi connectivity index (χ3v) is 6.19. The molecule has 7 nitrogen and oxygen atoms in total. The Labute approximate surface area is 186 Å². The summed E-state index contributed by atoms with van der Waals surface area (Å²) in [6, 6.07) is 7.37. The van der Waals surface area contributed by atoms with Gasteiger partial charge in [-0.3, -0.25) is 14.8 Å². The van der Waals surface area contributed by atoms with Crippen molar-refractivity contribution < 1.29 is 13.9 Å². The lowest BCUT2D eigenvalue weighted by Gasteiger charge is -2.37. The Balaban J connectivity index is 1.59. The highest BCUT2D eigenvalue weighted by Crippen LogP contribution is 2.21. The van der Waals surface area contributed by atoms with E-state index in [0.717, 1.165) is 70.7 Å². The Morgan fingerprint density at radius 1 is 0.935 bits per heavy atom. The van der Waals surface area contributed by atoms with Gasteiger partial charge in [0.2, 0.25) is 0 Å². The van der Waals surface area contributed by atoms with Gasteiger partial charge in [-0.1, -0.05) is 26.0 Å². The zero-order chi connectivity index (χ0) is 22.1. The first kappa shape index (κ1) is 23.9. The van der Waals surface area contributed by atoms with Crippen LogP contribution in [0.4, 0.5) is 4.39 Å². The number of morpholine rings is 2. The predicted octanol–water partition coefficient (Wildman–Crippen LogP) is 1.72. The molecule has 174 valence electrons. The van der Waals surface area contributed by atoms with E-state index in [4.69, 9.17) is 9.47 Å². The van der Waals surface area contributed by atoms with Gasteiger partial charge in [0.25, 0.3) is 0 Å². The van der Waals surface area contributed by atoms with Crippen LogP contribution in [0.1, 0.15) is 25.5 Å². The van der Waals surface area contributed by atoms with E-state index in [2.05, 4.69) is 39.3 Å². The number of nitrogens with one attached hydrogen (secondary N) is 2. The predicted molar refractivity (Wildman–Crippen MR) is 122 cm³/mol. The molecular weight excluding hydrogens is 397 g/mol. The van der Waals surface area contributed by atoms with Crippen LogP contribution in [-0.4, -0.2) is 94.5 Å². The molecule has 2 unspecified atom stereocenters. The summed E-state index contributed by atoms with van der Waals surface area (Å²) < 4.78 is 24.5. The lowest BCUT2D eigenvalue weighted by Crippen LogP contribution is -2.53. The summed E-state index contributed by atoms with van der Waals surface area (Å²) in [5.41, 5.74) is 1.10. The first-order valence-electron chi connectivity index (χ1n) is 11.4. The molecule has 8 heteroatoms. The van der Waals surface area contributed by atoms with E-state index in [1.807, 2.05) is 12.1 Å². The van der Waals surface area contributed by atoms with Gasteiger partial charge in [-0.05, 0) is 23.6 Å². The molecule has 2 heterocycles. The molecule has 0 radical (unpaired) electrons. The second-order valence-electron chi connectivity index (χ2n) is 8.51. The Bertz CT molecular complexity index is 673. The maximum atomic E-state index is 13.5. The normalized spacial score (nSPS) is 21.1. The summed E-state index contributed by atoms with van der Waals surface area (Å²) in [6.07, 6.45) is 0. The third kappa shape index (κ3) is 7.14. The number of rotatable bonds is 8. The average Bonchev–Trinajstić information content (AvgIpc) is 2.80. The van der Waals surface area contributed by atoms with Crippen molar-refractivity contribution in [3.63, 3.8) is 0 Å². The van der Waals surface area contributed by atoms with Crippen molar-refractivity contribution in [3.05, 3.63) is 35.6 Å². The van der Waals surface area contributed by atoms with Crippen LogP contribution in [0.5, 0.6) is 0 Å².